The molecule has 3 rings (SSSR count). The van der Waals surface area contributed by atoms with E-state index in [4.69, 9.17) is 19.3 Å². The molecule has 0 bridgehead atoms. The van der Waals surface area contributed by atoms with Crippen molar-refractivity contribution >= 4 is 17.6 Å². The molecule has 2 N–H and O–H groups in total. The summed E-state index contributed by atoms with van der Waals surface area (Å²) in [5.41, 5.74) is 1.47. The van der Waals surface area contributed by atoms with Crippen molar-refractivity contribution in [2.75, 3.05) is 51.0 Å². The highest BCUT2D eigenvalue weighted by Gasteiger charge is 2.29. The number of rotatable bonds is 6. The molecule has 0 spiro atoms. The van der Waals surface area contributed by atoms with Crippen molar-refractivity contribution < 1.29 is 28.9 Å². The van der Waals surface area contributed by atoms with Crippen LogP contribution in [0.25, 0.3) is 0 Å². The lowest BCUT2D eigenvalue weighted by molar-refractivity contribution is -0.148. The van der Waals surface area contributed by atoms with Gasteiger partial charge in [0.25, 0.3) is 5.91 Å². The first-order chi connectivity index (χ1) is 12.6. The first-order valence-corrected chi connectivity index (χ1v) is 8.79. The Kier molecular flexibility index (Phi) is 6.43. The third kappa shape index (κ3) is 4.72. The molecule has 0 unspecified atom stereocenters. The number of hydrogen-bond donors (Lipinski definition) is 2. The summed E-state index contributed by atoms with van der Waals surface area (Å²) in [6.07, 6.45) is 0.106. The number of carbonyl (C=O) groups excluding carboxylic acids is 1. The summed E-state index contributed by atoms with van der Waals surface area (Å²) in [4.78, 5) is 25.8. The Labute approximate surface area is 152 Å². The minimum Gasteiger partial charge on any atom is -0.480 e. The Balaban J connectivity index is 1.69. The number of aliphatic carboxylic acids is 1. The summed E-state index contributed by atoms with van der Waals surface area (Å²) < 4.78 is 16.1. The van der Waals surface area contributed by atoms with E-state index < -0.39 is 18.7 Å². The first kappa shape index (κ1) is 18.6. The van der Waals surface area contributed by atoms with Crippen molar-refractivity contribution in [1.29, 1.82) is 0 Å². The standard InChI is InChI=1S/C18H24N2O6/c21-17(22)12-26-16-11-25-8-5-14(16)19-18(23)13-3-1-2-4-15(13)20-6-9-24-10-7-20/h1-4,14,16H,5-12H2,(H,19,23)(H,21,22)/t14-,16-/m1/s1. The Morgan fingerprint density at radius 3 is 2.73 bits per heavy atom. The fourth-order valence-corrected chi connectivity index (χ4v) is 3.21. The van der Waals surface area contributed by atoms with Crippen LogP contribution in [0.3, 0.4) is 0 Å². The summed E-state index contributed by atoms with van der Waals surface area (Å²) in [5.74, 6) is -1.23. The number of carbonyl (C=O) groups is 2. The Bertz CT molecular complexity index is 632. The van der Waals surface area contributed by atoms with Gasteiger partial charge < -0.3 is 29.5 Å². The molecule has 0 aliphatic carbocycles. The molecule has 2 heterocycles. The zero-order valence-corrected chi connectivity index (χ0v) is 14.6. The quantitative estimate of drug-likeness (QED) is 0.759. The fourth-order valence-electron chi connectivity index (χ4n) is 3.21. The maximum Gasteiger partial charge on any atom is 0.329 e. The normalized spacial score (nSPS) is 23.5. The van der Waals surface area contributed by atoms with E-state index in [0.29, 0.717) is 31.8 Å². The second-order valence-corrected chi connectivity index (χ2v) is 6.30. The number of anilines is 1. The van der Waals surface area contributed by atoms with Gasteiger partial charge in [-0.3, -0.25) is 4.79 Å². The van der Waals surface area contributed by atoms with Crippen LogP contribution in [0.4, 0.5) is 5.69 Å². The zero-order valence-electron chi connectivity index (χ0n) is 14.6. The summed E-state index contributed by atoms with van der Waals surface area (Å²) in [6, 6.07) is 7.19. The number of benzene rings is 1. The van der Waals surface area contributed by atoms with Crippen LogP contribution in [-0.2, 0) is 19.0 Å². The Hall–Kier alpha value is -2.16. The van der Waals surface area contributed by atoms with E-state index in [0.717, 1.165) is 18.8 Å². The van der Waals surface area contributed by atoms with Gasteiger partial charge in [-0.2, -0.15) is 0 Å². The van der Waals surface area contributed by atoms with Crippen LogP contribution in [0.2, 0.25) is 0 Å². The molecule has 0 aromatic heterocycles. The van der Waals surface area contributed by atoms with Crippen LogP contribution in [0.15, 0.2) is 24.3 Å². The molecule has 2 atom stereocenters. The van der Waals surface area contributed by atoms with Crippen molar-refractivity contribution in [3.63, 3.8) is 0 Å². The van der Waals surface area contributed by atoms with Crippen LogP contribution < -0.4 is 10.2 Å². The van der Waals surface area contributed by atoms with Gasteiger partial charge in [0.05, 0.1) is 31.4 Å². The van der Waals surface area contributed by atoms with Gasteiger partial charge in [0.1, 0.15) is 12.7 Å². The van der Waals surface area contributed by atoms with Crippen molar-refractivity contribution in [3.8, 4) is 0 Å². The average molecular weight is 364 g/mol. The number of hydrogen-bond acceptors (Lipinski definition) is 6. The van der Waals surface area contributed by atoms with Crippen LogP contribution in [0.5, 0.6) is 0 Å². The average Bonchev–Trinajstić information content (AvgIpc) is 2.68. The van der Waals surface area contributed by atoms with Gasteiger partial charge in [0.15, 0.2) is 0 Å². The predicted octanol–water partition coefficient (Wildman–Crippen LogP) is 0.512. The van der Waals surface area contributed by atoms with Gasteiger partial charge in [-0.25, -0.2) is 4.79 Å². The first-order valence-electron chi connectivity index (χ1n) is 8.79. The molecule has 8 heteroatoms. The summed E-state index contributed by atoms with van der Waals surface area (Å²) in [5, 5.41) is 11.8. The molecule has 8 nitrogen and oxygen atoms in total. The number of nitrogens with one attached hydrogen (secondary N) is 1. The van der Waals surface area contributed by atoms with Gasteiger partial charge in [0, 0.05) is 25.4 Å². The van der Waals surface area contributed by atoms with Gasteiger partial charge in [-0.1, -0.05) is 12.1 Å². The fraction of sp³-hybridized carbons (Fsp3) is 0.556. The monoisotopic (exact) mass is 364 g/mol. The van der Waals surface area contributed by atoms with E-state index in [2.05, 4.69) is 10.2 Å². The van der Waals surface area contributed by atoms with Crippen LogP contribution in [-0.4, -0.2) is 75.3 Å². The minimum atomic E-state index is -1.04. The molecular formula is C18H24N2O6. The molecule has 26 heavy (non-hydrogen) atoms. The summed E-state index contributed by atoms with van der Waals surface area (Å²) in [6.45, 7) is 3.12. The Morgan fingerprint density at radius 1 is 1.19 bits per heavy atom. The van der Waals surface area contributed by atoms with Gasteiger partial charge >= 0.3 is 5.97 Å². The van der Waals surface area contributed by atoms with E-state index in [1.165, 1.54) is 0 Å². The molecular weight excluding hydrogens is 340 g/mol. The predicted molar refractivity (Wildman–Crippen MR) is 93.5 cm³/mol. The lowest BCUT2D eigenvalue weighted by Gasteiger charge is -2.33. The molecule has 142 valence electrons. The van der Waals surface area contributed by atoms with Gasteiger partial charge in [0.2, 0.25) is 0 Å². The number of amides is 1. The number of ether oxygens (including phenoxy) is 3. The van der Waals surface area contributed by atoms with Crippen LogP contribution >= 0.6 is 0 Å². The third-order valence-corrected chi connectivity index (χ3v) is 4.54. The van der Waals surface area contributed by atoms with E-state index in [1.54, 1.807) is 6.07 Å². The second kappa shape index (κ2) is 8.98. The highest BCUT2D eigenvalue weighted by atomic mass is 16.5. The molecule has 1 aromatic carbocycles. The maximum absolute atomic E-state index is 12.9. The smallest absolute Gasteiger partial charge is 0.329 e. The van der Waals surface area contributed by atoms with Crippen LogP contribution in [0.1, 0.15) is 16.8 Å². The van der Waals surface area contributed by atoms with Crippen molar-refractivity contribution in [2.45, 2.75) is 18.6 Å². The number of para-hydroxylation sites is 1. The van der Waals surface area contributed by atoms with Gasteiger partial charge in [-0.05, 0) is 18.6 Å². The second-order valence-electron chi connectivity index (χ2n) is 6.30. The number of carboxylic acids is 1. The van der Waals surface area contributed by atoms with Crippen molar-refractivity contribution in [3.05, 3.63) is 29.8 Å². The molecule has 1 aromatic rings. The zero-order chi connectivity index (χ0) is 18.4. The van der Waals surface area contributed by atoms with E-state index in [1.807, 2.05) is 18.2 Å². The van der Waals surface area contributed by atoms with Gasteiger partial charge in [-0.15, -0.1) is 0 Å². The molecule has 2 fully saturated rings. The molecule has 0 radical (unpaired) electrons. The maximum atomic E-state index is 12.9. The highest BCUT2D eigenvalue weighted by molar-refractivity contribution is 6.00. The summed E-state index contributed by atoms with van der Waals surface area (Å²) in [7, 11) is 0. The van der Waals surface area contributed by atoms with Crippen molar-refractivity contribution in [1.82, 2.24) is 5.32 Å². The SMILES string of the molecule is O=C(O)CO[C@@H]1COCC[C@H]1NC(=O)c1ccccc1N1CCOCC1. The number of carboxylic acid groups (broad SMARTS) is 1. The third-order valence-electron chi connectivity index (χ3n) is 4.54. The number of nitrogens with zero attached hydrogens (tertiary/aromatic N) is 1. The van der Waals surface area contributed by atoms with Crippen molar-refractivity contribution in [2.24, 2.45) is 0 Å². The molecule has 2 aliphatic rings. The summed E-state index contributed by atoms with van der Waals surface area (Å²) >= 11 is 0. The minimum absolute atomic E-state index is 0.192. The van der Waals surface area contributed by atoms with Crippen LogP contribution in [0, 0.1) is 0 Å². The Morgan fingerprint density at radius 2 is 1.96 bits per heavy atom. The molecule has 0 saturated carbocycles. The largest absolute Gasteiger partial charge is 0.480 e. The molecule has 2 aliphatic heterocycles. The molecule has 1 amide bonds. The topological polar surface area (TPSA) is 97.3 Å². The number of morpholine rings is 1. The highest BCUT2D eigenvalue weighted by Crippen LogP contribution is 2.22. The lowest BCUT2D eigenvalue weighted by Crippen LogP contribution is -2.50. The van der Waals surface area contributed by atoms with E-state index in [9.17, 15) is 9.59 Å². The van der Waals surface area contributed by atoms with E-state index >= 15 is 0 Å². The lowest BCUT2D eigenvalue weighted by atomic mass is 10.0. The van der Waals surface area contributed by atoms with E-state index in [-0.39, 0.29) is 18.6 Å². The molecule has 2 saturated heterocycles.